The van der Waals surface area contributed by atoms with Crippen molar-refractivity contribution >= 4 is 34.0 Å². The molecule has 1 N–H and O–H groups in total. The van der Waals surface area contributed by atoms with Crippen molar-refractivity contribution in [2.75, 3.05) is 5.32 Å². The molecular weight excluding hydrogens is 344 g/mol. The highest BCUT2D eigenvalue weighted by atomic mass is 35.5. The van der Waals surface area contributed by atoms with Crippen LogP contribution in [-0.4, -0.2) is 4.98 Å². The molecule has 0 fully saturated rings. The summed E-state index contributed by atoms with van der Waals surface area (Å²) in [5.74, 6) is 2.36. The second kappa shape index (κ2) is 7.06. The Bertz CT molecular complexity index is 1060. The number of anilines is 2. The summed E-state index contributed by atoms with van der Waals surface area (Å²) in [6.45, 7) is 2.02. The van der Waals surface area contributed by atoms with Crippen molar-refractivity contribution in [3.8, 4) is 11.5 Å². The normalized spacial score (nSPS) is 10.7. The molecule has 3 aromatic carbocycles. The predicted molar refractivity (Wildman–Crippen MR) is 108 cm³/mol. The Morgan fingerprint density at radius 2 is 1.65 bits per heavy atom. The number of ether oxygens (including phenoxy) is 1. The SMILES string of the molecule is Cc1c(Nc2ccc3cccc(Cl)c3n2)cccc1Oc1ccccc1. The minimum absolute atomic E-state index is 0.643. The van der Waals surface area contributed by atoms with Gasteiger partial charge in [0.2, 0.25) is 0 Å². The molecule has 4 rings (SSSR count). The van der Waals surface area contributed by atoms with E-state index in [1.54, 1.807) is 0 Å². The molecule has 0 aliphatic carbocycles. The average molecular weight is 361 g/mol. The molecule has 128 valence electrons. The zero-order valence-corrected chi connectivity index (χ0v) is 15.0. The summed E-state index contributed by atoms with van der Waals surface area (Å²) in [4.78, 5) is 4.64. The first-order valence-electron chi connectivity index (χ1n) is 8.35. The van der Waals surface area contributed by atoms with E-state index in [-0.39, 0.29) is 0 Å². The van der Waals surface area contributed by atoms with Crippen molar-refractivity contribution < 1.29 is 4.74 Å². The van der Waals surface area contributed by atoms with Crippen LogP contribution in [0.5, 0.6) is 11.5 Å². The molecule has 3 nitrogen and oxygen atoms in total. The molecule has 0 spiro atoms. The number of hydrogen-bond donors (Lipinski definition) is 1. The van der Waals surface area contributed by atoms with Crippen LogP contribution in [0.4, 0.5) is 11.5 Å². The van der Waals surface area contributed by atoms with Gasteiger partial charge in [-0.25, -0.2) is 4.98 Å². The average Bonchev–Trinajstić information content (AvgIpc) is 2.66. The molecule has 0 radical (unpaired) electrons. The van der Waals surface area contributed by atoms with E-state index in [0.29, 0.717) is 5.02 Å². The number of benzene rings is 3. The summed E-state index contributed by atoms with van der Waals surface area (Å²) in [5, 5.41) is 5.03. The van der Waals surface area contributed by atoms with Gasteiger partial charge in [-0.2, -0.15) is 0 Å². The first-order valence-corrected chi connectivity index (χ1v) is 8.73. The highest BCUT2D eigenvalue weighted by Crippen LogP contribution is 2.32. The minimum Gasteiger partial charge on any atom is -0.457 e. The molecule has 0 saturated heterocycles. The number of pyridine rings is 1. The standard InChI is InChI=1S/C22H17ClN2O/c1-15-19(11-6-12-20(15)26-17-8-3-2-4-9-17)24-21-14-13-16-7-5-10-18(23)22(16)25-21/h2-14H,1H3,(H,24,25). The summed E-state index contributed by atoms with van der Waals surface area (Å²) in [6.07, 6.45) is 0. The number of fused-ring (bicyclic) bond motifs is 1. The van der Waals surface area contributed by atoms with E-state index in [1.165, 1.54) is 0 Å². The molecule has 0 aliphatic rings. The first-order chi connectivity index (χ1) is 12.7. The van der Waals surface area contributed by atoms with Crippen LogP contribution in [0.25, 0.3) is 10.9 Å². The van der Waals surface area contributed by atoms with Gasteiger partial charge < -0.3 is 10.1 Å². The van der Waals surface area contributed by atoms with Crippen LogP contribution in [0.3, 0.4) is 0 Å². The van der Waals surface area contributed by atoms with Crippen LogP contribution in [0.1, 0.15) is 5.56 Å². The maximum Gasteiger partial charge on any atom is 0.132 e. The summed E-state index contributed by atoms with van der Waals surface area (Å²) < 4.78 is 6.00. The number of nitrogens with zero attached hydrogens (tertiary/aromatic N) is 1. The number of para-hydroxylation sites is 2. The number of aromatic nitrogens is 1. The Morgan fingerprint density at radius 1 is 0.846 bits per heavy atom. The zero-order chi connectivity index (χ0) is 17.9. The summed E-state index contributed by atoms with van der Waals surface area (Å²) in [5.41, 5.74) is 2.74. The lowest BCUT2D eigenvalue weighted by Crippen LogP contribution is -1.98. The van der Waals surface area contributed by atoms with Crippen molar-refractivity contribution in [1.82, 2.24) is 4.98 Å². The van der Waals surface area contributed by atoms with Crippen LogP contribution in [-0.2, 0) is 0 Å². The van der Waals surface area contributed by atoms with Crippen LogP contribution in [0.2, 0.25) is 5.02 Å². The van der Waals surface area contributed by atoms with Crippen molar-refractivity contribution in [2.45, 2.75) is 6.92 Å². The van der Waals surface area contributed by atoms with Gasteiger partial charge in [-0.3, -0.25) is 0 Å². The van der Waals surface area contributed by atoms with Crippen LogP contribution in [0.15, 0.2) is 78.9 Å². The zero-order valence-electron chi connectivity index (χ0n) is 14.2. The second-order valence-corrected chi connectivity index (χ2v) is 6.38. The van der Waals surface area contributed by atoms with Crippen LogP contribution < -0.4 is 10.1 Å². The lowest BCUT2D eigenvalue weighted by Gasteiger charge is -2.14. The van der Waals surface area contributed by atoms with Gasteiger partial charge in [0, 0.05) is 16.6 Å². The van der Waals surface area contributed by atoms with Gasteiger partial charge >= 0.3 is 0 Å². The Hall–Kier alpha value is -3.04. The molecule has 1 heterocycles. The Kier molecular flexibility index (Phi) is 4.46. The van der Waals surface area contributed by atoms with E-state index < -0.39 is 0 Å². The molecule has 0 amide bonds. The van der Waals surface area contributed by atoms with Gasteiger partial charge in [-0.1, -0.05) is 48.0 Å². The molecule has 26 heavy (non-hydrogen) atoms. The monoisotopic (exact) mass is 360 g/mol. The smallest absolute Gasteiger partial charge is 0.132 e. The maximum atomic E-state index is 6.27. The van der Waals surface area contributed by atoms with Gasteiger partial charge in [0.05, 0.1) is 10.5 Å². The lowest BCUT2D eigenvalue weighted by molar-refractivity contribution is 0.479. The molecule has 0 bridgehead atoms. The molecule has 0 aliphatic heterocycles. The van der Waals surface area contributed by atoms with Gasteiger partial charge in [0.15, 0.2) is 0 Å². The summed E-state index contributed by atoms with van der Waals surface area (Å²) >= 11 is 6.27. The van der Waals surface area contributed by atoms with Crippen molar-refractivity contribution in [3.63, 3.8) is 0 Å². The fourth-order valence-corrected chi connectivity index (χ4v) is 3.02. The lowest BCUT2D eigenvalue weighted by atomic mass is 10.1. The van der Waals surface area contributed by atoms with Gasteiger partial charge in [-0.15, -0.1) is 0 Å². The quantitative estimate of drug-likeness (QED) is 0.438. The van der Waals surface area contributed by atoms with E-state index in [9.17, 15) is 0 Å². The number of rotatable bonds is 4. The third-order valence-electron chi connectivity index (χ3n) is 4.19. The van der Waals surface area contributed by atoms with Crippen molar-refractivity contribution in [2.24, 2.45) is 0 Å². The Labute approximate surface area is 157 Å². The highest BCUT2D eigenvalue weighted by molar-refractivity contribution is 6.35. The third-order valence-corrected chi connectivity index (χ3v) is 4.49. The summed E-state index contributed by atoms with van der Waals surface area (Å²) in [6, 6.07) is 25.4. The van der Waals surface area contributed by atoms with Gasteiger partial charge in [0.1, 0.15) is 17.3 Å². The van der Waals surface area contributed by atoms with E-state index >= 15 is 0 Å². The van der Waals surface area contributed by atoms with E-state index in [1.807, 2.05) is 85.8 Å². The van der Waals surface area contributed by atoms with Crippen molar-refractivity contribution in [3.05, 3.63) is 89.4 Å². The third kappa shape index (κ3) is 3.35. The molecule has 0 atom stereocenters. The molecular formula is C22H17ClN2O. The molecule has 4 aromatic rings. The molecule has 4 heteroatoms. The number of halogens is 1. The fourth-order valence-electron chi connectivity index (χ4n) is 2.79. The van der Waals surface area contributed by atoms with Crippen LogP contribution >= 0.6 is 11.6 Å². The Balaban J connectivity index is 1.64. The number of hydrogen-bond acceptors (Lipinski definition) is 3. The van der Waals surface area contributed by atoms with E-state index in [0.717, 1.165) is 39.5 Å². The van der Waals surface area contributed by atoms with Gasteiger partial charge in [0.25, 0.3) is 0 Å². The molecule has 1 aromatic heterocycles. The Morgan fingerprint density at radius 3 is 2.50 bits per heavy atom. The summed E-state index contributed by atoms with van der Waals surface area (Å²) in [7, 11) is 0. The van der Waals surface area contributed by atoms with Crippen LogP contribution in [0, 0.1) is 6.92 Å². The number of nitrogens with one attached hydrogen (secondary N) is 1. The van der Waals surface area contributed by atoms with Gasteiger partial charge in [-0.05, 0) is 49.4 Å². The van der Waals surface area contributed by atoms with Crippen molar-refractivity contribution in [1.29, 1.82) is 0 Å². The van der Waals surface area contributed by atoms with E-state index in [2.05, 4.69) is 10.3 Å². The maximum absolute atomic E-state index is 6.27. The predicted octanol–water partition coefficient (Wildman–Crippen LogP) is 6.73. The topological polar surface area (TPSA) is 34.2 Å². The molecule has 0 unspecified atom stereocenters. The fraction of sp³-hybridized carbons (Fsp3) is 0.0455. The first kappa shape index (κ1) is 16.4. The highest BCUT2D eigenvalue weighted by Gasteiger charge is 2.08. The van der Waals surface area contributed by atoms with E-state index in [4.69, 9.17) is 16.3 Å². The molecule has 0 saturated carbocycles. The second-order valence-electron chi connectivity index (χ2n) is 5.98. The minimum atomic E-state index is 0.643. The largest absolute Gasteiger partial charge is 0.457 e.